The Morgan fingerprint density at radius 1 is 1.21 bits per heavy atom. The molecule has 1 unspecified atom stereocenters. The summed E-state index contributed by atoms with van der Waals surface area (Å²) in [5.41, 5.74) is 0.399. The monoisotopic (exact) mass is 389 g/mol. The van der Waals surface area contributed by atoms with Crippen molar-refractivity contribution in [3.05, 3.63) is 22.5 Å². The molecule has 8 nitrogen and oxygen atoms in total. The van der Waals surface area contributed by atoms with E-state index < -0.39 is 29.5 Å². The first-order valence-electron chi connectivity index (χ1n) is 9.55. The quantitative estimate of drug-likeness (QED) is 0.722. The number of hydrogen-bond acceptors (Lipinski definition) is 6. The van der Waals surface area contributed by atoms with Crippen molar-refractivity contribution in [1.29, 1.82) is 5.26 Å². The van der Waals surface area contributed by atoms with Crippen LogP contribution in [0.2, 0.25) is 0 Å². The fraction of sp³-hybridized carbons (Fsp3) is 0.600. The topological polar surface area (TPSA) is 121 Å². The maximum absolute atomic E-state index is 12.5. The van der Waals surface area contributed by atoms with E-state index in [1.54, 1.807) is 20.8 Å². The first-order valence-corrected chi connectivity index (χ1v) is 9.55. The fourth-order valence-electron chi connectivity index (χ4n) is 3.49. The minimum absolute atomic E-state index is 0.105. The number of amides is 1. The second kappa shape index (κ2) is 8.91. The molecular formula is C20H27N3O5. The van der Waals surface area contributed by atoms with Gasteiger partial charge >= 0.3 is 11.9 Å². The fourth-order valence-corrected chi connectivity index (χ4v) is 3.49. The largest absolute Gasteiger partial charge is 0.462 e. The van der Waals surface area contributed by atoms with Gasteiger partial charge in [-0.1, -0.05) is 19.3 Å². The molecule has 1 atom stereocenters. The number of carbonyl (C=O) groups is 3. The first kappa shape index (κ1) is 21.5. The highest BCUT2D eigenvalue weighted by Crippen LogP contribution is 2.28. The third kappa shape index (κ3) is 4.53. The summed E-state index contributed by atoms with van der Waals surface area (Å²) in [5.74, 6) is -1.77. The van der Waals surface area contributed by atoms with E-state index in [1.807, 2.05) is 0 Å². The zero-order chi connectivity index (χ0) is 20.9. The smallest absolute Gasteiger partial charge is 0.355 e. The summed E-state index contributed by atoms with van der Waals surface area (Å²) in [4.78, 5) is 39.9. The van der Waals surface area contributed by atoms with Gasteiger partial charge in [-0.25, -0.2) is 9.59 Å². The number of nitrogens with zero attached hydrogens (tertiary/aromatic N) is 1. The molecule has 1 aliphatic carbocycles. The van der Waals surface area contributed by atoms with Gasteiger partial charge in [0.05, 0.1) is 18.2 Å². The van der Waals surface area contributed by atoms with Gasteiger partial charge in [-0.2, -0.15) is 5.26 Å². The predicted octanol–water partition coefficient (Wildman–Crippen LogP) is 2.70. The second-order valence-electron chi connectivity index (χ2n) is 7.14. The average molecular weight is 389 g/mol. The van der Waals surface area contributed by atoms with Gasteiger partial charge < -0.3 is 19.8 Å². The summed E-state index contributed by atoms with van der Waals surface area (Å²) in [6.45, 7) is 6.65. The number of esters is 2. The Kier molecular flexibility index (Phi) is 6.84. The Morgan fingerprint density at radius 3 is 2.43 bits per heavy atom. The van der Waals surface area contributed by atoms with Crippen LogP contribution < -0.4 is 5.32 Å². The summed E-state index contributed by atoms with van der Waals surface area (Å²) < 4.78 is 10.3. The third-order valence-corrected chi connectivity index (χ3v) is 5.06. The molecule has 1 aliphatic rings. The lowest BCUT2D eigenvalue weighted by atomic mass is 9.83. The van der Waals surface area contributed by atoms with Gasteiger partial charge in [0.25, 0.3) is 5.91 Å². The molecule has 0 spiro atoms. The van der Waals surface area contributed by atoms with Crippen LogP contribution in [0.15, 0.2) is 0 Å². The molecule has 0 radical (unpaired) electrons. The molecule has 8 heteroatoms. The summed E-state index contributed by atoms with van der Waals surface area (Å²) in [6, 6.07) is 2.20. The molecule has 2 N–H and O–H groups in total. The Balaban J connectivity index is 2.08. The summed E-state index contributed by atoms with van der Waals surface area (Å²) in [6.07, 6.45) is 2.90. The molecule has 1 amide bonds. The SMILES string of the molecule is CCOC(=O)c1c(C)[nH]c(C(=O)OC(C)C(=O)NC2(C#N)CCCCC2)c1C. The van der Waals surface area contributed by atoms with E-state index in [2.05, 4.69) is 16.4 Å². The lowest BCUT2D eigenvalue weighted by Gasteiger charge is -2.32. The molecule has 0 aliphatic heterocycles. The van der Waals surface area contributed by atoms with E-state index in [0.717, 1.165) is 19.3 Å². The number of hydrogen-bond donors (Lipinski definition) is 2. The van der Waals surface area contributed by atoms with Crippen molar-refractivity contribution in [3.8, 4) is 6.07 Å². The molecule has 0 bridgehead atoms. The highest BCUT2D eigenvalue weighted by molar-refractivity contribution is 5.99. The minimum atomic E-state index is -1.08. The van der Waals surface area contributed by atoms with Crippen molar-refractivity contribution in [2.75, 3.05) is 6.61 Å². The third-order valence-electron chi connectivity index (χ3n) is 5.06. The highest BCUT2D eigenvalue weighted by atomic mass is 16.5. The molecule has 0 saturated heterocycles. The zero-order valence-electron chi connectivity index (χ0n) is 16.8. The maximum atomic E-state index is 12.5. The van der Waals surface area contributed by atoms with Crippen molar-refractivity contribution in [3.63, 3.8) is 0 Å². The van der Waals surface area contributed by atoms with Gasteiger partial charge in [-0.3, -0.25) is 4.79 Å². The summed E-state index contributed by atoms with van der Waals surface area (Å²) in [7, 11) is 0. The molecule has 1 saturated carbocycles. The molecule has 1 aromatic rings. The number of aromatic amines is 1. The lowest BCUT2D eigenvalue weighted by Crippen LogP contribution is -2.52. The molecule has 28 heavy (non-hydrogen) atoms. The van der Waals surface area contributed by atoms with Gasteiger partial charge in [-0.15, -0.1) is 0 Å². The number of H-pyrrole nitrogens is 1. The number of ether oxygens (including phenoxy) is 2. The molecule has 1 heterocycles. The van der Waals surface area contributed by atoms with E-state index in [1.165, 1.54) is 6.92 Å². The van der Waals surface area contributed by atoms with Crippen molar-refractivity contribution in [1.82, 2.24) is 10.3 Å². The molecule has 152 valence electrons. The summed E-state index contributed by atoms with van der Waals surface area (Å²) in [5, 5.41) is 12.2. The van der Waals surface area contributed by atoms with Crippen molar-refractivity contribution >= 4 is 17.8 Å². The second-order valence-corrected chi connectivity index (χ2v) is 7.14. The Morgan fingerprint density at radius 2 is 1.86 bits per heavy atom. The molecule has 1 aromatic heterocycles. The van der Waals surface area contributed by atoms with Gasteiger partial charge in [0.15, 0.2) is 6.10 Å². The van der Waals surface area contributed by atoms with Crippen LogP contribution in [0.1, 0.15) is 78.1 Å². The van der Waals surface area contributed by atoms with Crippen LogP contribution in [0, 0.1) is 25.2 Å². The van der Waals surface area contributed by atoms with E-state index >= 15 is 0 Å². The number of nitrogens with one attached hydrogen (secondary N) is 2. The maximum Gasteiger partial charge on any atom is 0.355 e. The van der Waals surface area contributed by atoms with Crippen molar-refractivity contribution in [2.45, 2.75) is 71.4 Å². The number of rotatable bonds is 6. The van der Waals surface area contributed by atoms with E-state index in [0.29, 0.717) is 24.1 Å². The number of carbonyl (C=O) groups excluding carboxylic acids is 3. The molecular weight excluding hydrogens is 362 g/mol. The Labute approximate surface area is 164 Å². The van der Waals surface area contributed by atoms with Crippen LogP contribution in [0.5, 0.6) is 0 Å². The normalized spacial score (nSPS) is 16.5. The molecule has 1 fully saturated rings. The Hall–Kier alpha value is -2.82. The molecule has 0 aromatic carbocycles. The van der Waals surface area contributed by atoms with E-state index in [4.69, 9.17) is 9.47 Å². The predicted molar refractivity (Wildman–Crippen MR) is 101 cm³/mol. The number of nitriles is 1. The van der Waals surface area contributed by atoms with Crippen LogP contribution in [-0.2, 0) is 14.3 Å². The van der Waals surface area contributed by atoms with Gasteiger partial charge in [-0.05, 0) is 46.1 Å². The zero-order valence-corrected chi connectivity index (χ0v) is 16.8. The van der Waals surface area contributed by atoms with Crippen molar-refractivity contribution < 1.29 is 23.9 Å². The minimum Gasteiger partial charge on any atom is -0.462 e. The number of aromatic nitrogens is 1. The Bertz CT molecular complexity index is 799. The van der Waals surface area contributed by atoms with Crippen LogP contribution in [-0.4, -0.2) is 41.1 Å². The number of aryl methyl sites for hydroxylation is 1. The van der Waals surface area contributed by atoms with Crippen LogP contribution in [0.4, 0.5) is 0 Å². The lowest BCUT2D eigenvalue weighted by molar-refractivity contribution is -0.130. The van der Waals surface area contributed by atoms with Crippen LogP contribution in [0.3, 0.4) is 0 Å². The van der Waals surface area contributed by atoms with Crippen LogP contribution >= 0.6 is 0 Å². The van der Waals surface area contributed by atoms with Crippen LogP contribution in [0.25, 0.3) is 0 Å². The first-order chi connectivity index (χ1) is 13.2. The highest BCUT2D eigenvalue weighted by Gasteiger charge is 2.36. The van der Waals surface area contributed by atoms with E-state index in [-0.39, 0.29) is 17.9 Å². The molecule has 2 rings (SSSR count). The van der Waals surface area contributed by atoms with Crippen molar-refractivity contribution in [2.24, 2.45) is 0 Å². The average Bonchev–Trinajstić information content (AvgIpc) is 2.97. The standard InChI is InChI=1S/C20H27N3O5/c1-5-27-18(25)15-12(2)16(22-13(15)3)19(26)28-14(4)17(24)23-20(11-21)9-7-6-8-10-20/h14,22H,5-10H2,1-4H3,(H,23,24). The van der Waals surface area contributed by atoms with Gasteiger partial charge in [0, 0.05) is 5.69 Å². The van der Waals surface area contributed by atoms with Gasteiger partial charge in [0.2, 0.25) is 0 Å². The summed E-state index contributed by atoms with van der Waals surface area (Å²) >= 11 is 0. The van der Waals surface area contributed by atoms with E-state index in [9.17, 15) is 19.6 Å². The van der Waals surface area contributed by atoms with Gasteiger partial charge in [0.1, 0.15) is 11.2 Å².